The smallest absolute Gasteiger partial charge is 0.328 e. The van der Waals surface area contributed by atoms with Crippen molar-refractivity contribution in [2.75, 3.05) is 0 Å². The number of ether oxygens (including phenoxy) is 1. The zero-order valence-corrected chi connectivity index (χ0v) is 15.2. The van der Waals surface area contributed by atoms with Crippen LogP contribution in [0.5, 0.6) is 0 Å². The molecule has 0 amide bonds. The lowest BCUT2D eigenvalue weighted by molar-refractivity contribution is -0.145. The Kier molecular flexibility index (Phi) is 4.52. The van der Waals surface area contributed by atoms with Crippen LogP contribution in [-0.4, -0.2) is 24.5 Å². The van der Waals surface area contributed by atoms with E-state index in [2.05, 4.69) is 4.98 Å². The van der Waals surface area contributed by atoms with Crippen LogP contribution >= 0.6 is 0 Å². The third kappa shape index (κ3) is 3.20. The van der Waals surface area contributed by atoms with Gasteiger partial charge in [-0.3, -0.25) is 23.1 Å². The van der Waals surface area contributed by atoms with E-state index >= 15 is 0 Å². The maximum absolute atomic E-state index is 12.4. The Balaban J connectivity index is 1.44. The van der Waals surface area contributed by atoms with Gasteiger partial charge in [-0.15, -0.1) is 0 Å². The molecule has 0 fully saturated rings. The van der Waals surface area contributed by atoms with Gasteiger partial charge >= 0.3 is 11.7 Å². The molecule has 142 valence electrons. The van der Waals surface area contributed by atoms with E-state index in [4.69, 9.17) is 4.74 Å². The summed E-state index contributed by atoms with van der Waals surface area (Å²) in [6.45, 7) is 0.122. The minimum Gasteiger partial charge on any atom is -0.459 e. The SMILES string of the molecule is Cn1c(=O)n(CCC(=O)OCc2cc(=O)n3ccccc3n2)c2ccccc21. The van der Waals surface area contributed by atoms with E-state index in [1.165, 1.54) is 10.5 Å². The molecule has 4 rings (SSSR count). The maximum Gasteiger partial charge on any atom is 0.328 e. The fourth-order valence-electron chi connectivity index (χ4n) is 3.19. The van der Waals surface area contributed by atoms with Crippen molar-refractivity contribution in [3.63, 3.8) is 0 Å². The summed E-state index contributed by atoms with van der Waals surface area (Å²) in [6.07, 6.45) is 1.67. The normalized spacial score (nSPS) is 11.2. The van der Waals surface area contributed by atoms with Gasteiger partial charge in [-0.1, -0.05) is 18.2 Å². The van der Waals surface area contributed by atoms with Crippen LogP contribution in [0, 0.1) is 0 Å². The first-order valence-corrected chi connectivity index (χ1v) is 8.82. The van der Waals surface area contributed by atoms with E-state index in [1.807, 2.05) is 24.3 Å². The molecule has 0 bridgehead atoms. The molecule has 0 N–H and O–H groups in total. The topological polar surface area (TPSA) is 87.6 Å². The number of pyridine rings is 1. The molecule has 0 aliphatic carbocycles. The molecule has 0 atom stereocenters. The zero-order valence-electron chi connectivity index (χ0n) is 15.2. The minimum absolute atomic E-state index is 0.0421. The van der Waals surface area contributed by atoms with Crippen LogP contribution in [0.3, 0.4) is 0 Å². The molecule has 8 heteroatoms. The van der Waals surface area contributed by atoms with Crippen molar-refractivity contribution >= 4 is 22.6 Å². The summed E-state index contributed by atoms with van der Waals surface area (Å²) in [5.74, 6) is -0.463. The number of hydrogen-bond donors (Lipinski definition) is 0. The minimum atomic E-state index is -0.463. The number of benzene rings is 1. The Bertz CT molecular complexity index is 1300. The number of esters is 1. The number of imidazole rings is 1. The van der Waals surface area contributed by atoms with Crippen LogP contribution in [0.15, 0.2) is 64.3 Å². The van der Waals surface area contributed by atoms with Crippen molar-refractivity contribution in [2.24, 2.45) is 7.05 Å². The molecule has 4 aromatic rings. The first-order valence-electron chi connectivity index (χ1n) is 8.82. The first kappa shape index (κ1) is 17.7. The molecule has 28 heavy (non-hydrogen) atoms. The molecule has 0 saturated carbocycles. The van der Waals surface area contributed by atoms with Crippen LogP contribution in [0.4, 0.5) is 0 Å². The number of para-hydroxylation sites is 2. The van der Waals surface area contributed by atoms with Gasteiger partial charge in [0, 0.05) is 25.9 Å². The summed E-state index contributed by atoms with van der Waals surface area (Å²) in [7, 11) is 1.70. The van der Waals surface area contributed by atoms with Crippen molar-refractivity contribution in [3.05, 3.63) is 81.3 Å². The highest BCUT2D eigenvalue weighted by molar-refractivity contribution is 5.76. The molecule has 0 aliphatic heterocycles. The first-order chi connectivity index (χ1) is 13.5. The molecule has 3 aromatic heterocycles. The predicted molar refractivity (Wildman–Crippen MR) is 103 cm³/mol. The molecule has 0 unspecified atom stereocenters. The summed E-state index contributed by atoms with van der Waals surface area (Å²) < 4.78 is 9.76. The Morgan fingerprint density at radius 2 is 1.82 bits per heavy atom. The lowest BCUT2D eigenvalue weighted by Crippen LogP contribution is -2.23. The quantitative estimate of drug-likeness (QED) is 0.491. The second-order valence-corrected chi connectivity index (χ2v) is 6.41. The molecule has 3 heterocycles. The lowest BCUT2D eigenvalue weighted by Gasteiger charge is -2.06. The van der Waals surface area contributed by atoms with Crippen molar-refractivity contribution in [3.8, 4) is 0 Å². The monoisotopic (exact) mass is 378 g/mol. The number of rotatable bonds is 5. The number of hydrogen-bond acceptors (Lipinski definition) is 5. The highest BCUT2D eigenvalue weighted by Crippen LogP contribution is 2.12. The number of fused-ring (bicyclic) bond motifs is 2. The van der Waals surface area contributed by atoms with E-state index in [0.29, 0.717) is 11.3 Å². The standard InChI is InChI=1S/C20H18N4O4/c1-22-15-6-2-3-7-16(15)23(20(22)27)11-9-19(26)28-13-14-12-18(25)24-10-5-4-8-17(24)21-14/h2-8,10,12H,9,11,13H2,1H3. The Labute approximate surface area is 159 Å². The van der Waals surface area contributed by atoms with Gasteiger partial charge in [0.05, 0.1) is 23.1 Å². The summed E-state index contributed by atoms with van der Waals surface area (Å²) in [5, 5.41) is 0. The molecule has 0 spiro atoms. The maximum atomic E-state index is 12.4. The van der Waals surface area contributed by atoms with Crippen molar-refractivity contribution in [1.29, 1.82) is 0 Å². The van der Waals surface area contributed by atoms with E-state index in [-0.39, 0.29) is 30.8 Å². The number of aryl methyl sites for hydroxylation is 2. The van der Waals surface area contributed by atoms with Crippen LogP contribution < -0.4 is 11.2 Å². The van der Waals surface area contributed by atoms with Gasteiger partial charge in [0.25, 0.3) is 5.56 Å². The van der Waals surface area contributed by atoms with E-state index < -0.39 is 5.97 Å². The second kappa shape index (κ2) is 7.15. The Morgan fingerprint density at radius 3 is 2.64 bits per heavy atom. The van der Waals surface area contributed by atoms with E-state index in [0.717, 1.165) is 11.0 Å². The number of aromatic nitrogens is 4. The number of carbonyl (C=O) groups is 1. The van der Waals surface area contributed by atoms with Gasteiger partial charge in [0.2, 0.25) is 0 Å². The van der Waals surface area contributed by atoms with Gasteiger partial charge < -0.3 is 4.74 Å². The van der Waals surface area contributed by atoms with Crippen molar-refractivity contribution in [2.45, 2.75) is 19.6 Å². The predicted octanol–water partition coefficient (Wildman–Crippen LogP) is 1.48. The average molecular weight is 378 g/mol. The van der Waals surface area contributed by atoms with E-state index in [1.54, 1.807) is 40.6 Å². The molecule has 8 nitrogen and oxygen atoms in total. The van der Waals surface area contributed by atoms with Gasteiger partial charge in [-0.2, -0.15) is 0 Å². The summed E-state index contributed by atoms with van der Waals surface area (Å²) in [6, 6.07) is 14.0. The molecular formula is C20H18N4O4. The van der Waals surface area contributed by atoms with E-state index in [9.17, 15) is 14.4 Å². The molecule has 0 saturated heterocycles. The van der Waals surface area contributed by atoms with Gasteiger partial charge in [-0.05, 0) is 24.3 Å². The van der Waals surface area contributed by atoms with Crippen LogP contribution in [0.25, 0.3) is 16.7 Å². The molecule has 0 radical (unpaired) electrons. The van der Waals surface area contributed by atoms with Gasteiger partial charge in [0.1, 0.15) is 12.3 Å². The van der Waals surface area contributed by atoms with Crippen molar-refractivity contribution in [1.82, 2.24) is 18.5 Å². The number of nitrogens with zero attached hydrogens (tertiary/aromatic N) is 4. The second-order valence-electron chi connectivity index (χ2n) is 6.41. The summed E-state index contributed by atoms with van der Waals surface area (Å²) in [4.78, 5) is 40.9. The summed E-state index contributed by atoms with van der Waals surface area (Å²) in [5.41, 5.74) is 2.03. The lowest BCUT2D eigenvalue weighted by atomic mass is 10.3. The third-order valence-corrected chi connectivity index (χ3v) is 4.60. The fourth-order valence-corrected chi connectivity index (χ4v) is 3.19. The third-order valence-electron chi connectivity index (χ3n) is 4.60. The highest BCUT2D eigenvalue weighted by Gasteiger charge is 2.12. The van der Waals surface area contributed by atoms with Crippen LogP contribution in [-0.2, 0) is 29.7 Å². The fraction of sp³-hybridized carbons (Fsp3) is 0.200. The Morgan fingerprint density at radius 1 is 1.07 bits per heavy atom. The van der Waals surface area contributed by atoms with Crippen molar-refractivity contribution < 1.29 is 9.53 Å². The van der Waals surface area contributed by atoms with Crippen LogP contribution in [0.1, 0.15) is 12.1 Å². The molecule has 0 aliphatic rings. The van der Waals surface area contributed by atoms with Gasteiger partial charge in [0.15, 0.2) is 0 Å². The largest absolute Gasteiger partial charge is 0.459 e. The zero-order chi connectivity index (χ0) is 19.7. The summed E-state index contributed by atoms with van der Waals surface area (Å²) >= 11 is 0. The highest BCUT2D eigenvalue weighted by atomic mass is 16.5. The molecule has 1 aromatic carbocycles. The Hall–Kier alpha value is -3.68. The molecular weight excluding hydrogens is 360 g/mol. The number of carbonyl (C=O) groups excluding carboxylic acids is 1. The van der Waals surface area contributed by atoms with Crippen LogP contribution in [0.2, 0.25) is 0 Å². The average Bonchev–Trinajstić information content (AvgIpc) is 2.95. The van der Waals surface area contributed by atoms with Gasteiger partial charge in [-0.25, -0.2) is 9.78 Å².